The van der Waals surface area contributed by atoms with Gasteiger partial charge in [-0.1, -0.05) is 62.4 Å². The summed E-state index contributed by atoms with van der Waals surface area (Å²) in [6.45, 7) is 5.83. The fraction of sp³-hybridized carbons (Fsp3) is 0.231. The van der Waals surface area contributed by atoms with E-state index in [1.165, 1.54) is 6.07 Å². The van der Waals surface area contributed by atoms with Crippen molar-refractivity contribution in [2.75, 3.05) is 5.32 Å². The van der Waals surface area contributed by atoms with Crippen LogP contribution in [0.25, 0.3) is 11.1 Å². The maximum absolute atomic E-state index is 12.5. The number of esters is 1. The van der Waals surface area contributed by atoms with E-state index in [2.05, 4.69) is 5.32 Å². The lowest BCUT2D eigenvalue weighted by Crippen LogP contribution is -2.15. The van der Waals surface area contributed by atoms with Gasteiger partial charge in [0, 0.05) is 12.0 Å². The molecule has 2 N–H and O–H groups in total. The Morgan fingerprint density at radius 1 is 0.938 bits per heavy atom. The molecule has 0 heterocycles. The predicted octanol–water partition coefficient (Wildman–Crippen LogP) is 6.07. The number of amides is 1. The number of hydrogen-bond acceptors (Lipinski definition) is 5. The van der Waals surface area contributed by atoms with Crippen LogP contribution in [-0.4, -0.2) is 17.2 Å². The van der Waals surface area contributed by atoms with Crippen LogP contribution in [0, 0.1) is 12.8 Å². The Labute approximate surface area is 187 Å². The summed E-state index contributed by atoms with van der Waals surface area (Å²) in [5.41, 5.74) is 2.97. The third-order valence-corrected chi connectivity index (χ3v) is 4.78. The summed E-state index contributed by atoms with van der Waals surface area (Å²) in [4.78, 5) is 24.8. The maximum Gasteiger partial charge on any atom is 0.411 e. The summed E-state index contributed by atoms with van der Waals surface area (Å²) in [6.07, 6.45) is -0.380. The van der Waals surface area contributed by atoms with Gasteiger partial charge >= 0.3 is 12.1 Å². The highest BCUT2D eigenvalue weighted by atomic mass is 16.5. The van der Waals surface area contributed by atoms with Crippen LogP contribution < -0.4 is 10.1 Å². The van der Waals surface area contributed by atoms with Crippen molar-refractivity contribution in [2.45, 2.75) is 33.8 Å². The average molecular weight is 434 g/mol. The molecule has 3 aromatic rings. The number of carbonyl (C=O) groups excluding carboxylic acids is 2. The largest absolute Gasteiger partial charge is 0.507 e. The van der Waals surface area contributed by atoms with Crippen molar-refractivity contribution < 1.29 is 24.2 Å². The van der Waals surface area contributed by atoms with E-state index in [0.717, 1.165) is 11.1 Å². The van der Waals surface area contributed by atoms with Crippen LogP contribution in [0.3, 0.4) is 0 Å². The molecule has 0 aliphatic heterocycles. The molecule has 1 amide bonds. The summed E-state index contributed by atoms with van der Waals surface area (Å²) in [5, 5.41) is 13.4. The summed E-state index contributed by atoms with van der Waals surface area (Å²) >= 11 is 0. The van der Waals surface area contributed by atoms with E-state index >= 15 is 0 Å². The molecule has 0 aliphatic rings. The van der Waals surface area contributed by atoms with Crippen molar-refractivity contribution in [3.63, 3.8) is 0 Å². The Hall–Kier alpha value is -3.80. The van der Waals surface area contributed by atoms with Crippen LogP contribution in [-0.2, 0) is 16.1 Å². The summed E-state index contributed by atoms with van der Waals surface area (Å²) < 4.78 is 10.9. The molecule has 0 radical (unpaired) electrons. The number of phenolic OH excluding ortho intramolecular Hbond substituents is 1. The molecule has 3 aromatic carbocycles. The quantitative estimate of drug-likeness (QED) is 0.349. The van der Waals surface area contributed by atoms with Crippen molar-refractivity contribution in [3.05, 3.63) is 77.9 Å². The number of benzene rings is 3. The van der Waals surface area contributed by atoms with Crippen molar-refractivity contribution in [1.82, 2.24) is 0 Å². The molecule has 6 nitrogen and oxygen atoms in total. The van der Waals surface area contributed by atoms with Crippen LogP contribution in [0.1, 0.15) is 31.4 Å². The number of carbonyl (C=O) groups is 2. The van der Waals surface area contributed by atoms with Gasteiger partial charge in [0.1, 0.15) is 18.1 Å². The molecule has 0 bridgehead atoms. The molecular formula is C26H27NO5. The van der Waals surface area contributed by atoms with Gasteiger partial charge in [0.15, 0.2) is 0 Å². The zero-order chi connectivity index (χ0) is 23.1. The number of ether oxygens (including phenoxy) is 2. The third kappa shape index (κ3) is 5.88. The highest BCUT2D eigenvalue weighted by Gasteiger charge is 2.21. The average Bonchev–Trinajstić information content (AvgIpc) is 2.74. The van der Waals surface area contributed by atoms with Gasteiger partial charge in [0.05, 0.1) is 11.3 Å². The number of anilines is 1. The van der Waals surface area contributed by atoms with Crippen LogP contribution in [0.15, 0.2) is 66.7 Å². The molecule has 166 valence electrons. The summed E-state index contributed by atoms with van der Waals surface area (Å²) in [6, 6.07) is 19.4. The van der Waals surface area contributed by atoms with Gasteiger partial charge in [-0.3, -0.25) is 10.1 Å². The first-order chi connectivity index (χ1) is 15.3. The molecule has 32 heavy (non-hydrogen) atoms. The normalized spacial score (nSPS) is 10.6. The molecule has 0 spiro atoms. The van der Waals surface area contributed by atoms with Crippen LogP contribution in [0.2, 0.25) is 0 Å². The second kappa shape index (κ2) is 10.5. The predicted molar refractivity (Wildman–Crippen MR) is 124 cm³/mol. The smallest absolute Gasteiger partial charge is 0.411 e. The van der Waals surface area contributed by atoms with E-state index < -0.39 is 12.1 Å². The number of aromatic hydroxyl groups is 1. The molecule has 0 aromatic heterocycles. The molecule has 0 unspecified atom stereocenters. The number of nitrogens with one attached hydrogen (secondary N) is 1. The minimum absolute atomic E-state index is 0.0603. The van der Waals surface area contributed by atoms with Crippen molar-refractivity contribution in [1.29, 1.82) is 0 Å². The van der Waals surface area contributed by atoms with E-state index in [4.69, 9.17) is 9.47 Å². The van der Waals surface area contributed by atoms with Gasteiger partial charge < -0.3 is 14.6 Å². The monoisotopic (exact) mass is 433 g/mol. The van der Waals surface area contributed by atoms with Gasteiger partial charge in [0.25, 0.3) is 0 Å². The lowest BCUT2D eigenvalue weighted by Gasteiger charge is -2.18. The second-order valence-corrected chi connectivity index (χ2v) is 7.91. The van der Waals surface area contributed by atoms with Crippen LogP contribution in [0.4, 0.5) is 10.5 Å². The second-order valence-electron chi connectivity index (χ2n) is 7.91. The molecule has 0 saturated heterocycles. The lowest BCUT2D eigenvalue weighted by molar-refractivity contribution is -0.135. The fourth-order valence-corrected chi connectivity index (χ4v) is 3.33. The van der Waals surface area contributed by atoms with E-state index in [-0.39, 0.29) is 30.4 Å². The molecule has 0 fully saturated rings. The SMILES string of the molecule is Cc1cccc(NC(=O)OCc2ccccc2)c1-c1c(O)cccc1OC(=O)CC(C)C. The first-order valence-electron chi connectivity index (χ1n) is 10.5. The number of rotatable bonds is 7. The van der Waals surface area contributed by atoms with E-state index in [1.54, 1.807) is 24.3 Å². The third-order valence-electron chi connectivity index (χ3n) is 4.78. The van der Waals surface area contributed by atoms with Gasteiger partial charge in [-0.2, -0.15) is 0 Å². The maximum atomic E-state index is 12.5. The fourth-order valence-electron chi connectivity index (χ4n) is 3.33. The number of hydrogen-bond donors (Lipinski definition) is 2. The van der Waals surface area contributed by atoms with Gasteiger partial charge in [-0.25, -0.2) is 4.79 Å². The zero-order valence-electron chi connectivity index (χ0n) is 18.4. The van der Waals surface area contributed by atoms with Gasteiger partial charge in [-0.15, -0.1) is 0 Å². The molecular weight excluding hydrogens is 406 g/mol. The highest BCUT2D eigenvalue weighted by Crippen LogP contribution is 2.43. The summed E-state index contributed by atoms with van der Waals surface area (Å²) in [5.74, 6) is -0.0870. The first kappa shape index (κ1) is 22.9. The summed E-state index contributed by atoms with van der Waals surface area (Å²) in [7, 11) is 0. The highest BCUT2D eigenvalue weighted by molar-refractivity contribution is 5.96. The van der Waals surface area contributed by atoms with Gasteiger partial charge in [0.2, 0.25) is 0 Å². The molecule has 3 rings (SSSR count). The topological polar surface area (TPSA) is 84.9 Å². The van der Waals surface area contributed by atoms with Crippen molar-refractivity contribution in [2.24, 2.45) is 5.92 Å². The molecule has 0 aliphatic carbocycles. The minimum Gasteiger partial charge on any atom is -0.507 e. The van der Waals surface area contributed by atoms with E-state index in [0.29, 0.717) is 16.8 Å². The Kier molecular flexibility index (Phi) is 7.49. The number of phenols is 1. The molecule has 0 atom stereocenters. The standard InChI is InChI=1S/C26H27NO5/c1-17(2)15-23(29)32-22-14-8-13-21(28)25(22)24-18(3)9-7-12-20(24)27-26(30)31-16-19-10-5-4-6-11-19/h4-14,17,28H,15-16H2,1-3H3,(H,27,30). The van der Waals surface area contributed by atoms with Crippen LogP contribution >= 0.6 is 0 Å². The first-order valence-corrected chi connectivity index (χ1v) is 10.5. The van der Waals surface area contributed by atoms with E-state index in [1.807, 2.05) is 57.2 Å². The minimum atomic E-state index is -0.630. The zero-order valence-corrected chi connectivity index (χ0v) is 18.4. The Morgan fingerprint density at radius 2 is 1.66 bits per heavy atom. The molecule has 0 saturated carbocycles. The Morgan fingerprint density at radius 3 is 2.38 bits per heavy atom. The van der Waals surface area contributed by atoms with Crippen LogP contribution in [0.5, 0.6) is 11.5 Å². The Balaban J connectivity index is 1.89. The Bertz CT molecular complexity index is 1090. The van der Waals surface area contributed by atoms with Gasteiger partial charge in [-0.05, 0) is 42.2 Å². The van der Waals surface area contributed by atoms with Crippen molar-refractivity contribution in [3.8, 4) is 22.6 Å². The van der Waals surface area contributed by atoms with E-state index in [9.17, 15) is 14.7 Å². The van der Waals surface area contributed by atoms with Crippen molar-refractivity contribution >= 4 is 17.7 Å². The number of aryl methyl sites for hydroxylation is 1. The molecule has 6 heteroatoms. The lowest BCUT2D eigenvalue weighted by atomic mass is 9.96.